The fraction of sp³-hybridized carbons (Fsp3) is 0.250. The van der Waals surface area contributed by atoms with Crippen LogP contribution in [0.15, 0.2) is 91.0 Å². The maximum atomic E-state index is 13.4. The summed E-state index contributed by atoms with van der Waals surface area (Å²) in [6, 6.07) is 26.1. The van der Waals surface area contributed by atoms with E-state index in [0.29, 0.717) is 0 Å². The lowest BCUT2D eigenvalue weighted by molar-refractivity contribution is -0.173. The van der Waals surface area contributed by atoms with Crippen molar-refractivity contribution in [2.24, 2.45) is 0 Å². The highest BCUT2D eigenvalue weighted by molar-refractivity contribution is 8.00. The number of aliphatic hydroxyl groups is 1. The maximum absolute atomic E-state index is 13.4. The number of carbonyl (C=O) groups excluding carboxylic acids is 3. The van der Waals surface area contributed by atoms with Crippen LogP contribution in [0.3, 0.4) is 0 Å². The van der Waals surface area contributed by atoms with Gasteiger partial charge in [0.25, 0.3) is 0 Å². The molecule has 2 N–H and O–H groups in total. The zero-order chi connectivity index (χ0) is 25.1. The molecule has 7 nitrogen and oxygen atoms in total. The highest BCUT2D eigenvalue weighted by Gasteiger charge is 2.58. The summed E-state index contributed by atoms with van der Waals surface area (Å²) in [5, 5.41) is 13.0. The number of nitrogens with one attached hydrogen (secondary N) is 1. The number of benzene rings is 3. The van der Waals surface area contributed by atoms with Gasteiger partial charge in [-0.2, -0.15) is 0 Å². The molecular formula is C28H26N2O5S. The lowest BCUT2D eigenvalue weighted by atomic mass is 9.98. The second-order valence-electron chi connectivity index (χ2n) is 8.83. The van der Waals surface area contributed by atoms with E-state index in [1.165, 1.54) is 16.7 Å². The van der Waals surface area contributed by atoms with Crippen LogP contribution in [0.1, 0.15) is 22.8 Å². The number of esters is 1. The van der Waals surface area contributed by atoms with Crippen LogP contribution >= 0.6 is 11.8 Å². The molecule has 3 aromatic carbocycles. The van der Waals surface area contributed by atoms with Crippen LogP contribution in [0.5, 0.6) is 0 Å². The van der Waals surface area contributed by atoms with Crippen LogP contribution in [0.25, 0.3) is 0 Å². The third-order valence-corrected chi connectivity index (χ3v) is 7.76. The molecule has 184 valence electrons. The number of thioether (sulfide) groups is 1. The van der Waals surface area contributed by atoms with E-state index in [0.717, 1.165) is 16.7 Å². The predicted octanol–water partition coefficient (Wildman–Crippen LogP) is 2.69. The van der Waals surface area contributed by atoms with E-state index in [1.807, 2.05) is 91.0 Å². The minimum absolute atomic E-state index is 0.159. The van der Waals surface area contributed by atoms with E-state index in [4.69, 9.17) is 4.74 Å². The van der Waals surface area contributed by atoms with Gasteiger partial charge in [0.05, 0.1) is 12.5 Å². The van der Waals surface area contributed by atoms with E-state index in [-0.39, 0.29) is 18.1 Å². The van der Waals surface area contributed by atoms with Gasteiger partial charge in [0, 0.05) is 5.75 Å². The van der Waals surface area contributed by atoms with Crippen molar-refractivity contribution in [2.45, 2.75) is 36.1 Å². The number of carbonyl (C=O) groups is 3. The fourth-order valence-electron chi connectivity index (χ4n) is 4.61. The van der Waals surface area contributed by atoms with Gasteiger partial charge in [0.1, 0.15) is 11.4 Å². The largest absolute Gasteiger partial charge is 0.451 e. The van der Waals surface area contributed by atoms with Crippen molar-refractivity contribution in [3.8, 4) is 0 Å². The third kappa shape index (κ3) is 4.87. The Morgan fingerprint density at radius 2 is 1.50 bits per heavy atom. The van der Waals surface area contributed by atoms with E-state index in [1.54, 1.807) is 0 Å². The molecule has 2 amide bonds. The van der Waals surface area contributed by atoms with Gasteiger partial charge in [0.2, 0.25) is 11.8 Å². The molecular weight excluding hydrogens is 476 g/mol. The third-order valence-electron chi connectivity index (χ3n) is 6.39. The number of hydrogen-bond acceptors (Lipinski definition) is 6. The molecule has 0 saturated carbocycles. The average Bonchev–Trinajstić information content (AvgIpc) is 2.91. The van der Waals surface area contributed by atoms with Crippen molar-refractivity contribution in [1.82, 2.24) is 10.2 Å². The smallest absolute Gasteiger partial charge is 0.332 e. The SMILES string of the molecule is O=C(Cc1ccccc1)N[C@@H]1C(=O)N2[C@@H]1SC[C@H](O)[C@@H]2C(=O)OC(c1ccccc1)c1ccccc1. The molecule has 2 aliphatic heterocycles. The van der Waals surface area contributed by atoms with Gasteiger partial charge in [-0.15, -0.1) is 11.8 Å². The molecule has 0 aromatic heterocycles. The number of β-lactam (4-membered cyclic amide) rings is 1. The Balaban J connectivity index is 1.30. The van der Waals surface area contributed by atoms with Crippen LogP contribution < -0.4 is 5.32 Å². The molecule has 0 spiro atoms. The first-order valence-corrected chi connectivity index (χ1v) is 12.8. The highest BCUT2D eigenvalue weighted by Crippen LogP contribution is 2.39. The van der Waals surface area contributed by atoms with E-state index < -0.39 is 41.5 Å². The zero-order valence-electron chi connectivity index (χ0n) is 19.4. The number of nitrogens with zero attached hydrogens (tertiary/aromatic N) is 1. The summed E-state index contributed by atoms with van der Waals surface area (Å²) in [5.74, 6) is -1.09. The van der Waals surface area contributed by atoms with Gasteiger partial charge in [-0.25, -0.2) is 4.79 Å². The van der Waals surface area contributed by atoms with Crippen LogP contribution in [0.4, 0.5) is 0 Å². The molecule has 0 bridgehead atoms. The maximum Gasteiger partial charge on any atom is 0.332 e. The summed E-state index contributed by atoms with van der Waals surface area (Å²) in [6.07, 6.45) is -1.60. The molecule has 2 saturated heterocycles. The molecule has 3 aromatic rings. The number of ether oxygens (including phenoxy) is 1. The first-order valence-electron chi connectivity index (χ1n) is 11.8. The Hall–Kier alpha value is -3.62. The Kier molecular flexibility index (Phi) is 7.06. The van der Waals surface area contributed by atoms with Gasteiger partial charge < -0.3 is 20.1 Å². The van der Waals surface area contributed by atoms with Gasteiger partial charge in [-0.1, -0.05) is 91.0 Å². The first kappa shape index (κ1) is 24.1. The van der Waals surface area contributed by atoms with Crippen molar-refractivity contribution < 1.29 is 24.2 Å². The quantitative estimate of drug-likeness (QED) is 0.381. The van der Waals surface area contributed by atoms with Crippen molar-refractivity contribution in [1.29, 1.82) is 0 Å². The van der Waals surface area contributed by atoms with Gasteiger partial charge in [0.15, 0.2) is 12.1 Å². The van der Waals surface area contributed by atoms with Gasteiger partial charge >= 0.3 is 5.97 Å². The molecule has 0 aliphatic carbocycles. The molecule has 8 heteroatoms. The molecule has 2 fully saturated rings. The number of rotatable bonds is 7. The molecule has 5 rings (SSSR count). The summed E-state index contributed by atoms with van der Waals surface area (Å²) in [7, 11) is 0. The standard InChI is InChI=1S/C28H26N2O5S/c31-21-17-36-27-23(29-22(32)16-18-10-4-1-5-11-18)26(33)30(27)24(21)28(34)35-25(19-12-6-2-7-13-19)20-14-8-3-9-15-20/h1-15,21,23-25,27,31H,16-17H2,(H,29,32)/t21-,23+,24+,27+/m0/s1. The summed E-state index contributed by atoms with van der Waals surface area (Å²) in [5.41, 5.74) is 2.42. The molecule has 0 radical (unpaired) electrons. The number of fused-ring (bicyclic) bond motifs is 1. The van der Waals surface area contributed by atoms with E-state index in [9.17, 15) is 19.5 Å². The number of hydrogen-bond donors (Lipinski definition) is 2. The van der Waals surface area contributed by atoms with Crippen molar-refractivity contribution in [3.63, 3.8) is 0 Å². The van der Waals surface area contributed by atoms with Crippen molar-refractivity contribution in [3.05, 3.63) is 108 Å². The molecule has 2 heterocycles. The minimum atomic E-state index is -1.14. The highest BCUT2D eigenvalue weighted by atomic mass is 32.2. The minimum Gasteiger partial charge on any atom is -0.451 e. The summed E-state index contributed by atoms with van der Waals surface area (Å²) in [4.78, 5) is 40.3. The topological polar surface area (TPSA) is 95.9 Å². The second-order valence-corrected chi connectivity index (χ2v) is 9.98. The van der Waals surface area contributed by atoms with Crippen LogP contribution in [-0.4, -0.2) is 57.1 Å². The Labute approximate surface area is 213 Å². The van der Waals surface area contributed by atoms with E-state index >= 15 is 0 Å². The predicted molar refractivity (Wildman–Crippen MR) is 136 cm³/mol. The molecule has 0 unspecified atom stereocenters. The van der Waals surface area contributed by atoms with E-state index in [2.05, 4.69) is 5.32 Å². The normalized spacial score (nSPS) is 22.9. The monoisotopic (exact) mass is 502 g/mol. The second kappa shape index (κ2) is 10.6. The lowest BCUT2D eigenvalue weighted by Gasteiger charge is -2.53. The summed E-state index contributed by atoms with van der Waals surface area (Å²) in [6.45, 7) is 0. The molecule has 36 heavy (non-hydrogen) atoms. The van der Waals surface area contributed by atoms with Crippen LogP contribution in [0, 0.1) is 0 Å². The Morgan fingerprint density at radius 1 is 0.944 bits per heavy atom. The summed E-state index contributed by atoms with van der Waals surface area (Å²) >= 11 is 1.35. The Bertz CT molecular complexity index is 1180. The first-order chi connectivity index (χ1) is 17.5. The van der Waals surface area contributed by atoms with Crippen LogP contribution in [-0.2, 0) is 25.5 Å². The fourth-order valence-corrected chi connectivity index (χ4v) is 5.96. The van der Waals surface area contributed by atoms with Crippen molar-refractivity contribution in [2.75, 3.05) is 5.75 Å². The Morgan fingerprint density at radius 3 is 2.08 bits per heavy atom. The number of amides is 2. The van der Waals surface area contributed by atoms with Gasteiger partial charge in [-0.05, 0) is 16.7 Å². The van der Waals surface area contributed by atoms with Crippen molar-refractivity contribution >= 4 is 29.5 Å². The molecule has 4 atom stereocenters. The summed E-state index contributed by atoms with van der Waals surface area (Å²) < 4.78 is 5.94. The van der Waals surface area contributed by atoms with Crippen LogP contribution in [0.2, 0.25) is 0 Å². The average molecular weight is 503 g/mol. The zero-order valence-corrected chi connectivity index (χ0v) is 20.2. The van der Waals surface area contributed by atoms with Gasteiger partial charge in [-0.3, -0.25) is 9.59 Å². The lowest BCUT2D eigenvalue weighted by Crippen LogP contribution is -2.76. The number of aliphatic hydroxyl groups excluding tert-OH is 1. The molecule has 2 aliphatic rings.